The van der Waals surface area contributed by atoms with Gasteiger partial charge in [0.1, 0.15) is 12.0 Å². The molecule has 1 aromatic rings. The Morgan fingerprint density at radius 1 is 1.38 bits per heavy atom. The molecule has 6 nitrogen and oxygen atoms in total. The highest BCUT2D eigenvalue weighted by atomic mass is 32.2. The van der Waals surface area contributed by atoms with Crippen LogP contribution in [-0.4, -0.2) is 30.7 Å². The van der Waals surface area contributed by atoms with E-state index in [9.17, 15) is 8.42 Å². The summed E-state index contributed by atoms with van der Waals surface area (Å²) in [6.45, 7) is 3.90. The average Bonchev–Trinajstić information content (AvgIpc) is 2.27. The minimum absolute atomic E-state index is 0.0159. The summed E-state index contributed by atoms with van der Waals surface area (Å²) in [7, 11) is -3.43. The predicted molar refractivity (Wildman–Crippen MR) is 60.0 cm³/mol. The maximum absolute atomic E-state index is 11.6. The zero-order valence-corrected chi connectivity index (χ0v) is 10.1. The predicted octanol–water partition coefficient (Wildman–Crippen LogP) is 0.641. The first-order valence-electron chi connectivity index (χ1n) is 4.99. The van der Waals surface area contributed by atoms with Crippen molar-refractivity contribution in [2.45, 2.75) is 25.3 Å². The molecule has 0 saturated carbocycles. The fourth-order valence-corrected chi connectivity index (χ4v) is 1.97. The van der Waals surface area contributed by atoms with E-state index in [2.05, 4.69) is 9.97 Å². The van der Waals surface area contributed by atoms with Gasteiger partial charge in [-0.25, -0.2) is 13.4 Å². The van der Waals surface area contributed by atoms with E-state index in [0.29, 0.717) is 6.61 Å². The van der Waals surface area contributed by atoms with Crippen molar-refractivity contribution in [2.24, 2.45) is 0 Å². The van der Waals surface area contributed by atoms with Crippen LogP contribution in [0, 0.1) is 0 Å². The Balaban J connectivity index is 3.14. The van der Waals surface area contributed by atoms with Gasteiger partial charge in [0.25, 0.3) is 0 Å². The zero-order chi connectivity index (χ0) is 12.2. The molecule has 0 bridgehead atoms. The largest absolute Gasteiger partial charge is 0.476 e. The Labute approximate surface area is 94.8 Å². The van der Waals surface area contributed by atoms with Crippen molar-refractivity contribution in [1.29, 1.82) is 0 Å². The lowest BCUT2D eigenvalue weighted by atomic mass is 10.5. The number of sulfone groups is 1. The van der Waals surface area contributed by atoms with Crippen molar-refractivity contribution in [3.05, 3.63) is 6.33 Å². The summed E-state index contributed by atoms with van der Waals surface area (Å²) < 4.78 is 28.5. The Morgan fingerprint density at radius 3 is 2.62 bits per heavy atom. The third kappa shape index (κ3) is 2.60. The normalized spacial score (nSPS) is 11.4. The summed E-state index contributed by atoms with van der Waals surface area (Å²) in [5, 5.41) is -0.156. The van der Waals surface area contributed by atoms with Gasteiger partial charge < -0.3 is 10.5 Å². The third-order valence-electron chi connectivity index (χ3n) is 1.93. The molecule has 16 heavy (non-hydrogen) atoms. The molecule has 0 unspecified atom stereocenters. The van der Waals surface area contributed by atoms with Crippen LogP contribution in [0.1, 0.15) is 20.3 Å². The Morgan fingerprint density at radius 2 is 2.06 bits per heavy atom. The Kier molecular flexibility index (Phi) is 4.05. The molecule has 0 aliphatic rings. The first-order chi connectivity index (χ1) is 7.53. The molecule has 0 aliphatic heterocycles. The lowest BCUT2D eigenvalue weighted by Crippen LogP contribution is -2.12. The summed E-state index contributed by atoms with van der Waals surface area (Å²) >= 11 is 0. The van der Waals surface area contributed by atoms with E-state index in [4.69, 9.17) is 10.5 Å². The maximum atomic E-state index is 11.6. The molecule has 7 heteroatoms. The van der Waals surface area contributed by atoms with Crippen LogP contribution in [0.2, 0.25) is 0 Å². The first kappa shape index (κ1) is 12.7. The van der Waals surface area contributed by atoms with Gasteiger partial charge in [0.05, 0.1) is 12.4 Å². The second-order valence-electron chi connectivity index (χ2n) is 3.15. The van der Waals surface area contributed by atoms with Crippen molar-refractivity contribution in [3.63, 3.8) is 0 Å². The van der Waals surface area contributed by atoms with Crippen LogP contribution in [0.25, 0.3) is 0 Å². The number of nitrogens with zero attached hydrogens (tertiary/aromatic N) is 2. The van der Waals surface area contributed by atoms with Crippen LogP contribution in [-0.2, 0) is 9.84 Å². The molecular weight excluding hydrogens is 230 g/mol. The van der Waals surface area contributed by atoms with E-state index in [1.165, 1.54) is 6.92 Å². The summed E-state index contributed by atoms with van der Waals surface area (Å²) in [5.41, 5.74) is 5.64. The molecule has 1 heterocycles. The molecule has 90 valence electrons. The van der Waals surface area contributed by atoms with Gasteiger partial charge in [-0.2, -0.15) is 4.98 Å². The van der Waals surface area contributed by atoms with Crippen molar-refractivity contribution >= 4 is 15.5 Å². The third-order valence-corrected chi connectivity index (χ3v) is 3.60. The Hall–Kier alpha value is -1.37. The van der Waals surface area contributed by atoms with Crippen LogP contribution in [0.3, 0.4) is 0 Å². The van der Waals surface area contributed by atoms with Crippen molar-refractivity contribution in [3.8, 4) is 5.88 Å². The molecule has 0 radical (unpaired) electrons. The quantitative estimate of drug-likeness (QED) is 0.765. The van der Waals surface area contributed by atoms with E-state index in [-0.39, 0.29) is 22.3 Å². The minimum Gasteiger partial charge on any atom is -0.476 e. The number of nitrogens with two attached hydrogens (primary N) is 1. The van der Waals surface area contributed by atoms with E-state index >= 15 is 0 Å². The van der Waals surface area contributed by atoms with Crippen molar-refractivity contribution in [2.75, 3.05) is 18.1 Å². The van der Waals surface area contributed by atoms with Gasteiger partial charge in [-0.15, -0.1) is 0 Å². The van der Waals surface area contributed by atoms with Gasteiger partial charge in [-0.1, -0.05) is 13.8 Å². The molecule has 0 spiro atoms. The topological polar surface area (TPSA) is 95.2 Å². The smallest absolute Gasteiger partial charge is 0.241 e. The van der Waals surface area contributed by atoms with E-state index in [1.54, 1.807) is 0 Å². The van der Waals surface area contributed by atoms with Gasteiger partial charge in [0.2, 0.25) is 5.88 Å². The second kappa shape index (κ2) is 5.11. The first-order valence-corrected chi connectivity index (χ1v) is 6.64. The zero-order valence-electron chi connectivity index (χ0n) is 9.30. The van der Waals surface area contributed by atoms with Gasteiger partial charge in [-0.05, 0) is 6.42 Å². The van der Waals surface area contributed by atoms with E-state index in [1.807, 2.05) is 6.92 Å². The Bertz CT molecular complexity index is 459. The molecule has 1 aromatic heterocycles. The second-order valence-corrected chi connectivity index (χ2v) is 5.34. The van der Waals surface area contributed by atoms with Gasteiger partial charge >= 0.3 is 0 Å². The highest BCUT2D eigenvalue weighted by Crippen LogP contribution is 2.24. The highest BCUT2D eigenvalue weighted by molar-refractivity contribution is 7.91. The number of rotatable bonds is 5. The standard InChI is InChI=1S/C9H15N3O3S/c1-3-5-15-8-7(10)9(12-6-11-8)16(13,14)4-2/h6H,3-5,10H2,1-2H3. The molecule has 0 aromatic carbocycles. The molecule has 0 saturated heterocycles. The van der Waals surface area contributed by atoms with Gasteiger partial charge in [0.15, 0.2) is 14.9 Å². The number of hydrogen-bond acceptors (Lipinski definition) is 6. The molecule has 0 amide bonds. The van der Waals surface area contributed by atoms with Crippen LogP contribution in [0.4, 0.5) is 5.69 Å². The molecule has 0 fully saturated rings. The molecule has 1 rings (SSSR count). The van der Waals surface area contributed by atoms with Crippen molar-refractivity contribution < 1.29 is 13.2 Å². The van der Waals surface area contributed by atoms with Crippen LogP contribution in [0.5, 0.6) is 5.88 Å². The number of anilines is 1. The highest BCUT2D eigenvalue weighted by Gasteiger charge is 2.20. The van der Waals surface area contributed by atoms with E-state index in [0.717, 1.165) is 12.7 Å². The number of aromatic nitrogens is 2. The minimum atomic E-state index is -3.43. The lowest BCUT2D eigenvalue weighted by molar-refractivity contribution is 0.305. The number of hydrogen-bond donors (Lipinski definition) is 1. The molecular formula is C9H15N3O3S. The van der Waals surface area contributed by atoms with Crippen molar-refractivity contribution in [1.82, 2.24) is 9.97 Å². The van der Waals surface area contributed by atoms with Gasteiger partial charge in [-0.3, -0.25) is 0 Å². The fourth-order valence-electron chi connectivity index (χ4n) is 1.06. The molecule has 0 aliphatic carbocycles. The van der Waals surface area contributed by atoms with Crippen LogP contribution in [0.15, 0.2) is 11.4 Å². The summed E-state index contributed by atoms with van der Waals surface area (Å²) in [6.07, 6.45) is 1.93. The monoisotopic (exact) mass is 245 g/mol. The van der Waals surface area contributed by atoms with Crippen LogP contribution < -0.4 is 10.5 Å². The molecule has 2 N–H and O–H groups in total. The van der Waals surface area contributed by atoms with Gasteiger partial charge in [0, 0.05) is 0 Å². The fraction of sp³-hybridized carbons (Fsp3) is 0.556. The average molecular weight is 245 g/mol. The summed E-state index contributed by atoms with van der Waals surface area (Å²) in [6, 6.07) is 0. The lowest BCUT2D eigenvalue weighted by Gasteiger charge is -2.09. The van der Waals surface area contributed by atoms with E-state index < -0.39 is 9.84 Å². The molecule has 0 atom stereocenters. The van der Waals surface area contributed by atoms with Crippen LogP contribution >= 0.6 is 0 Å². The summed E-state index contributed by atoms with van der Waals surface area (Å²) in [4.78, 5) is 7.49. The summed E-state index contributed by atoms with van der Waals surface area (Å²) in [5.74, 6) is 0.0745. The number of nitrogen functional groups attached to an aromatic ring is 1. The number of ether oxygens (including phenoxy) is 1. The SMILES string of the molecule is CCCOc1ncnc(S(=O)(=O)CC)c1N. The maximum Gasteiger partial charge on any atom is 0.241 e.